The van der Waals surface area contributed by atoms with Crippen molar-refractivity contribution in [3.05, 3.63) is 70.6 Å². The number of H-pyrrole nitrogens is 2. The van der Waals surface area contributed by atoms with Gasteiger partial charge in [-0.2, -0.15) is 0 Å². The van der Waals surface area contributed by atoms with Crippen LogP contribution in [0.15, 0.2) is 62.5 Å². The maximum Gasteiger partial charge on any atom is 0.357 e. The van der Waals surface area contributed by atoms with Crippen molar-refractivity contribution in [2.24, 2.45) is 0 Å². The van der Waals surface area contributed by atoms with Gasteiger partial charge in [0.2, 0.25) is 0 Å². The number of benzene rings is 1. The van der Waals surface area contributed by atoms with Gasteiger partial charge in [0.25, 0.3) is 0 Å². The fraction of sp³-hybridized carbons (Fsp3) is 0.321. The van der Waals surface area contributed by atoms with E-state index in [9.17, 15) is 14.0 Å². The van der Waals surface area contributed by atoms with E-state index in [-0.39, 0.29) is 30.4 Å². The first-order valence-corrected chi connectivity index (χ1v) is 14.0. The highest BCUT2D eigenvalue weighted by Gasteiger charge is 2.43. The van der Waals surface area contributed by atoms with Gasteiger partial charge in [-0.15, -0.1) is 0 Å². The number of aromatic amines is 2. The lowest BCUT2D eigenvalue weighted by Crippen LogP contribution is -2.44. The van der Waals surface area contributed by atoms with Crippen molar-refractivity contribution in [2.45, 2.75) is 42.9 Å². The van der Waals surface area contributed by atoms with Gasteiger partial charge in [0.15, 0.2) is 21.7 Å². The van der Waals surface area contributed by atoms with E-state index in [1.54, 1.807) is 24.3 Å². The lowest BCUT2D eigenvalue weighted by atomic mass is 9.81. The Labute approximate surface area is 233 Å². The van der Waals surface area contributed by atoms with Gasteiger partial charge in [0.05, 0.1) is 42.4 Å². The van der Waals surface area contributed by atoms with Crippen molar-refractivity contribution < 1.29 is 28.0 Å². The van der Waals surface area contributed by atoms with Gasteiger partial charge in [-0.05, 0) is 49.4 Å². The standard InChI is InChI=1S/C28H28FN5O5S/c1-3-5-10-38-34-19-13-30-14-20(35)24(19)23(16-12-31-25(26(16)34)27(36)37-4-2)21-8-9-22(39-21)40-28-32-17-7-6-15(29)11-18(17)33-28/h6-9,11-12,23,30-31H,3-5,10,13-14H2,1-2H3,(H,32,33). The van der Waals surface area contributed by atoms with Gasteiger partial charge < -0.3 is 24.4 Å². The van der Waals surface area contributed by atoms with Crippen LogP contribution in [0.4, 0.5) is 10.1 Å². The first kappa shape index (κ1) is 26.4. The summed E-state index contributed by atoms with van der Waals surface area (Å²) in [5.74, 6) is -0.978. The minimum atomic E-state index is -0.566. The number of aromatic nitrogens is 3. The lowest BCUT2D eigenvalue weighted by molar-refractivity contribution is -0.115. The second kappa shape index (κ2) is 11.0. The van der Waals surface area contributed by atoms with E-state index in [0.717, 1.165) is 12.8 Å². The molecule has 6 rings (SSSR count). The fourth-order valence-electron chi connectivity index (χ4n) is 5.06. The highest BCUT2D eigenvalue weighted by Crippen LogP contribution is 2.48. The van der Waals surface area contributed by atoms with E-state index in [0.29, 0.717) is 62.7 Å². The lowest BCUT2D eigenvalue weighted by Gasteiger charge is -2.38. The zero-order valence-electron chi connectivity index (χ0n) is 22.0. The van der Waals surface area contributed by atoms with Crippen LogP contribution in [0.3, 0.4) is 0 Å². The number of nitrogens with zero attached hydrogens (tertiary/aromatic N) is 2. The van der Waals surface area contributed by atoms with Crippen molar-refractivity contribution in [2.75, 3.05) is 31.4 Å². The Bertz CT molecular complexity index is 1620. The maximum atomic E-state index is 13.6. The van der Waals surface area contributed by atoms with Gasteiger partial charge in [0, 0.05) is 29.9 Å². The maximum absolute atomic E-state index is 13.6. The molecule has 0 spiro atoms. The van der Waals surface area contributed by atoms with Crippen LogP contribution < -0.4 is 10.4 Å². The van der Waals surface area contributed by atoms with Gasteiger partial charge in [-0.25, -0.2) is 19.2 Å². The largest absolute Gasteiger partial charge is 0.461 e. The number of esters is 1. The molecule has 3 aromatic heterocycles. The van der Waals surface area contributed by atoms with E-state index >= 15 is 0 Å². The third kappa shape index (κ3) is 4.72. The summed E-state index contributed by atoms with van der Waals surface area (Å²) in [6.07, 6.45) is 3.45. The van der Waals surface area contributed by atoms with Gasteiger partial charge in [0.1, 0.15) is 17.3 Å². The summed E-state index contributed by atoms with van der Waals surface area (Å²) in [6, 6.07) is 8.01. The number of halogens is 1. The molecule has 3 N–H and O–H groups in total. The molecule has 208 valence electrons. The Morgan fingerprint density at radius 3 is 2.95 bits per heavy atom. The molecule has 4 aromatic rings. The second-order valence-corrected chi connectivity index (χ2v) is 10.4. The number of hydroxylamine groups is 1. The summed E-state index contributed by atoms with van der Waals surface area (Å²) in [4.78, 5) is 43.1. The number of ketones is 1. The number of carbonyl (C=O) groups is 2. The van der Waals surface area contributed by atoms with Gasteiger partial charge in [-0.3, -0.25) is 9.63 Å². The van der Waals surface area contributed by atoms with Crippen LogP contribution in [0.2, 0.25) is 0 Å². The minimum Gasteiger partial charge on any atom is -0.461 e. The Hall–Kier alpha value is -3.87. The number of carbonyl (C=O) groups excluding carboxylic acids is 2. The van der Waals surface area contributed by atoms with Crippen LogP contribution in [0, 0.1) is 5.82 Å². The quantitative estimate of drug-likeness (QED) is 0.189. The average molecular weight is 566 g/mol. The van der Waals surface area contributed by atoms with Crippen molar-refractivity contribution in [3.63, 3.8) is 0 Å². The normalized spacial score (nSPS) is 16.9. The second-order valence-electron chi connectivity index (χ2n) is 9.45. The molecular formula is C28H28FN5O5S. The molecule has 2 aliphatic rings. The fourth-order valence-corrected chi connectivity index (χ4v) is 5.83. The van der Waals surface area contributed by atoms with Crippen molar-refractivity contribution >= 4 is 40.2 Å². The number of anilines is 1. The number of furan rings is 1. The van der Waals surface area contributed by atoms with Crippen LogP contribution in [-0.4, -0.2) is 53.0 Å². The van der Waals surface area contributed by atoms with Crippen LogP contribution in [-0.2, 0) is 14.4 Å². The van der Waals surface area contributed by atoms with E-state index < -0.39 is 11.9 Å². The molecule has 0 fully saturated rings. The van der Waals surface area contributed by atoms with E-state index in [4.69, 9.17) is 14.0 Å². The van der Waals surface area contributed by atoms with Crippen LogP contribution in [0.1, 0.15) is 54.4 Å². The van der Waals surface area contributed by atoms with Crippen LogP contribution in [0.25, 0.3) is 11.0 Å². The number of hydrogen-bond donors (Lipinski definition) is 3. The van der Waals surface area contributed by atoms with E-state index in [1.165, 1.54) is 23.9 Å². The molecule has 0 amide bonds. The molecule has 1 unspecified atom stereocenters. The van der Waals surface area contributed by atoms with E-state index in [1.807, 2.05) is 12.1 Å². The highest BCUT2D eigenvalue weighted by atomic mass is 32.2. The third-order valence-electron chi connectivity index (χ3n) is 6.82. The van der Waals surface area contributed by atoms with Crippen LogP contribution in [0.5, 0.6) is 0 Å². The summed E-state index contributed by atoms with van der Waals surface area (Å²) in [5.41, 5.74) is 3.87. The molecule has 5 heterocycles. The average Bonchev–Trinajstić information content (AvgIpc) is 3.67. The zero-order chi connectivity index (χ0) is 27.8. The van der Waals surface area contributed by atoms with Crippen molar-refractivity contribution in [1.29, 1.82) is 0 Å². The Morgan fingerprint density at radius 1 is 1.25 bits per heavy atom. The zero-order valence-corrected chi connectivity index (χ0v) is 22.8. The highest BCUT2D eigenvalue weighted by molar-refractivity contribution is 7.99. The molecule has 12 heteroatoms. The molecule has 0 aliphatic carbocycles. The molecule has 2 aliphatic heterocycles. The first-order valence-electron chi connectivity index (χ1n) is 13.2. The SMILES string of the molecule is CCCCON1C2=C(C(=O)CNC2)C(c2ccc(Sc3nc4cc(F)ccc4[nH]3)o2)c2c[nH]c(C(=O)OCC)c21. The monoisotopic (exact) mass is 565 g/mol. The predicted octanol–water partition coefficient (Wildman–Crippen LogP) is 5.06. The Kier molecular flexibility index (Phi) is 7.22. The molecule has 0 saturated heterocycles. The number of imidazole rings is 1. The van der Waals surface area contributed by atoms with E-state index in [2.05, 4.69) is 27.2 Å². The molecule has 0 bridgehead atoms. The Morgan fingerprint density at radius 2 is 2.12 bits per heavy atom. The summed E-state index contributed by atoms with van der Waals surface area (Å²) in [7, 11) is 0. The van der Waals surface area contributed by atoms with Crippen molar-refractivity contribution in [3.8, 4) is 0 Å². The molecule has 40 heavy (non-hydrogen) atoms. The molecule has 1 atom stereocenters. The summed E-state index contributed by atoms with van der Waals surface area (Å²) in [5, 5.41) is 5.85. The minimum absolute atomic E-state index is 0.0789. The third-order valence-corrected chi connectivity index (χ3v) is 7.63. The molecular weight excluding hydrogens is 537 g/mol. The molecule has 0 radical (unpaired) electrons. The number of ether oxygens (including phenoxy) is 1. The molecule has 0 saturated carbocycles. The summed E-state index contributed by atoms with van der Waals surface area (Å²) in [6.45, 7) is 5.01. The number of nitrogens with one attached hydrogen (secondary N) is 3. The smallest absolute Gasteiger partial charge is 0.357 e. The molecule has 1 aromatic carbocycles. The summed E-state index contributed by atoms with van der Waals surface area (Å²) < 4.78 is 25.2. The Balaban J connectivity index is 1.41. The summed E-state index contributed by atoms with van der Waals surface area (Å²) >= 11 is 1.26. The first-order chi connectivity index (χ1) is 19.5. The predicted molar refractivity (Wildman–Crippen MR) is 146 cm³/mol. The van der Waals surface area contributed by atoms with Gasteiger partial charge >= 0.3 is 5.97 Å². The van der Waals surface area contributed by atoms with Crippen molar-refractivity contribution in [1.82, 2.24) is 20.3 Å². The van der Waals surface area contributed by atoms with Gasteiger partial charge in [-0.1, -0.05) is 13.3 Å². The van der Waals surface area contributed by atoms with Crippen LogP contribution >= 0.6 is 11.8 Å². The topological polar surface area (TPSA) is 125 Å². The number of rotatable bonds is 9. The number of Topliss-reactive ketones (excluding diaryl/α,β-unsaturated/α-hetero) is 1. The number of hydrogen-bond acceptors (Lipinski definition) is 9. The molecule has 10 nitrogen and oxygen atoms in total. The number of fused-ring (bicyclic) bond motifs is 2. The number of unbranched alkanes of at least 4 members (excludes halogenated alkanes) is 1.